The maximum atomic E-state index is 3.34. The molecule has 2 heteroatoms. The summed E-state index contributed by atoms with van der Waals surface area (Å²) in [5.41, 5.74) is 2.93. The van der Waals surface area contributed by atoms with E-state index in [4.69, 9.17) is 0 Å². The fraction of sp³-hybridized carbons (Fsp3) is 0.778. The van der Waals surface area contributed by atoms with Gasteiger partial charge in [-0.1, -0.05) is 13.8 Å². The molecule has 0 atom stereocenters. The summed E-state index contributed by atoms with van der Waals surface area (Å²) >= 11 is 0. The molecule has 1 aliphatic heterocycles. The fourth-order valence-electron chi connectivity index (χ4n) is 1.53. The van der Waals surface area contributed by atoms with E-state index in [-0.39, 0.29) is 0 Å². The monoisotopic (exact) mass is 154 g/mol. The van der Waals surface area contributed by atoms with Crippen LogP contribution in [0, 0.1) is 5.92 Å². The number of hydrogen-bond donors (Lipinski definition) is 2. The van der Waals surface area contributed by atoms with Crippen molar-refractivity contribution < 1.29 is 0 Å². The molecule has 0 bridgehead atoms. The second-order valence-corrected chi connectivity index (χ2v) is 3.41. The first-order valence-electron chi connectivity index (χ1n) is 4.36. The Labute approximate surface area is 69.1 Å². The molecule has 0 fully saturated rings. The molecule has 1 rings (SSSR count). The lowest BCUT2D eigenvalue weighted by molar-refractivity contribution is 0.653. The molecule has 0 amide bonds. The third kappa shape index (κ3) is 2.22. The molecular formula is C9H18N2. The van der Waals surface area contributed by atoms with Crippen LogP contribution in [0.1, 0.15) is 27.2 Å². The minimum Gasteiger partial charge on any atom is -0.376 e. The lowest BCUT2D eigenvalue weighted by Crippen LogP contribution is -2.25. The minimum absolute atomic E-state index is 0.683. The number of nitrogens with one attached hydrogen (secondary N) is 2. The van der Waals surface area contributed by atoms with Gasteiger partial charge < -0.3 is 5.32 Å². The smallest absolute Gasteiger partial charge is 0.0650 e. The highest BCUT2D eigenvalue weighted by Crippen LogP contribution is 2.17. The Morgan fingerprint density at radius 3 is 2.73 bits per heavy atom. The Hall–Kier alpha value is -0.500. The molecule has 0 aromatic carbocycles. The first-order valence-corrected chi connectivity index (χ1v) is 4.36. The zero-order valence-electron chi connectivity index (χ0n) is 7.70. The van der Waals surface area contributed by atoms with Crippen LogP contribution in [0.3, 0.4) is 0 Å². The van der Waals surface area contributed by atoms with Crippen molar-refractivity contribution in [1.82, 2.24) is 10.6 Å². The average Bonchev–Trinajstić information content (AvgIpc) is 2.13. The van der Waals surface area contributed by atoms with Gasteiger partial charge in [-0.15, -0.1) is 0 Å². The standard InChI is InChI=1S/C9H18N2/c1-7(2)9-4-5-10-6-11-8(9)3/h7,10-11H,4-6H2,1-3H3. The van der Waals surface area contributed by atoms with Crippen molar-refractivity contribution in [3.8, 4) is 0 Å². The van der Waals surface area contributed by atoms with Gasteiger partial charge in [0.25, 0.3) is 0 Å². The first-order chi connectivity index (χ1) is 5.22. The molecule has 2 nitrogen and oxygen atoms in total. The van der Waals surface area contributed by atoms with E-state index in [9.17, 15) is 0 Å². The molecule has 0 aromatic rings. The van der Waals surface area contributed by atoms with Crippen LogP contribution in [0.5, 0.6) is 0 Å². The summed E-state index contributed by atoms with van der Waals surface area (Å²) in [4.78, 5) is 0. The van der Waals surface area contributed by atoms with E-state index in [0.29, 0.717) is 5.92 Å². The van der Waals surface area contributed by atoms with Crippen LogP contribution in [0.4, 0.5) is 0 Å². The molecule has 64 valence electrons. The van der Waals surface area contributed by atoms with Crippen molar-refractivity contribution in [3.05, 3.63) is 11.3 Å². The van der Waals surface area contributed by atoms with E-state index in [1.807, 2.05) is 0 Å². The molecule has 0 aliphatic carbocycles. The lowest BCUT2D eigenvalue weighted by atomic mass is 9.98. The Balaban J connectivity index is 2.68. The van der Waals surface area contributed by atoms with E-state index in [0.717, 1.165) is 13.2 Å². The Kier molecular flexibility index (Phi) is 2.94. The van der Waals surface area contributed by atoms with Gasteiger partial charge in [-0.05, 0) is 24.8 Å². The molecular weight excluding hydrogens is 136 g/mol. The summed E-state index contributed by atoms with van der Waals surface area (Å²) in [6, 6.07) is 0. The van der Waals surface area contributed by atoms with Gasteiger partial charge in [-0.25, -0.2) is 0 Å². The summed E-state index contributed by atoms with van der Waals surface area (Å²) in [6.45, 7) is 8.71. The number of allylic oxidation sites excluding steroid dienone is 1. The summed E-state index contributed by atoms with van der Waals surface area (Å²) in [6.07, 6.45) is 1.19. The summed E-state index contributed by atoms with van der Waals surface area (Å²) in [5.74, 6) is 0.683. The topological polar surface area (TPSA) is 24.1 Å². The SMILES string of the molecule is CC1=C(C(C)C)CCNCN1. The van der Waals surface area contributed by atoms with Crippen LogP contribution < -0.4 is 10.6 Å². The predicted molar refractivity (Wildman–Crippen MR) is 48.2 cm³/mol. The normalized spacial score (nSPS) is 20.0. The number of rotatable bonds is 1. The third-order valence-corrected chi connectivity index (χ3v) is 2.23. The summed E-state index contributed by atoms with van der Waals surface area (Å²) in [5, 5.41) is 6.65. The number of hydrogen-bond acceptors (Lipinski definition) is 2. The average molecular weight is 154 g/mol. The molecule has 0 unspecified atom stereocenters. The van der Waals surface area contributed by atoms with Crippen molar-refractivity contribution in [2.24, 2.45) is 5.92 Å². The highest BCUT2D eigenvalue weighted by Gasteiger charge is 2.09. The van der Waals surface area contributed by atoms with Gasteiger partial charge in [-0.2, -0.15) is 0 Å². The van der Waals surface area contributed by atoms with Crippen LogP contribution in [0.2, 0.25) is 0 Å². The largest absolute Gasteiger partial charge is 0.376 e. The van der Waals surface area contributed by atoms with Crippen molar-refractivity contribution in [3.63, 3.8) is 0 Å². The zero-order valence-corrected chi connectivity index (χ0v) is 7.70. The van der Waals surface area contributed by atoms with Crippen LogP contribution in [0.25, 0.3) is 0 Å². The van der Waals surface area contributed by atoms with Crippen LogP contribution in [-0.2, 0) is 0 Å². The second kappa shape index (κ2) is 3.77. The molecule has 0 radical (unpaired) electrons. The molecule has 1 aliphatic rings. The maximum Gasteiger partial charge on any atom is 0.0650 e. The van der Waals surface area contributed by atoms with E-state index >= 15 is 0 Å². The Bertz CT molecular complexity index is 159. The Morgan fingerprint density at radius 2 is 2.09 bits per heavy atom. The van der Waals surface area contributed by atoms with Gasteiger partial charge in [0.1, 0.15) is 0 Å². The molecule has 0 saturated carbocycles. The molecule has 1 heterocycles. The van der Waals surface area contributed by atoms with Crippen molar-refractivity contribution in [2.75, 3.05) is 13.2 Å². The van der Waals surface area contributed by atoms with Crippen LogP contribution in [-0.4, -0.2) is 13.2 Å². The maximum absolute atomic E-state index is 3.34. The van der Waals surface area contributed by atoms with Gasteiger partial charge in [-0.3, -0.25) is 5.32 Å². The van der Waals surface area contributed by atoms with Gasteiger partial charge in [0.2, 0.25) is 0 Å². The molecule has 2 N–H and O–H groups in total. The van der Waals surface area contributed by atoms with E-state index in [1.165, 1.54) is 12.1 Å². The molecule has 0 saturated heterocycles. The third-order valence-electron chi connectivity index (χ3n) is 2.23. The van der Waals surface area contributed by atoms with E-state index in [1.54, 1.807) is 5.57 Å². The quantitative estimate of drug-likeness (QED) is 0.597. The highest BCUT2D eigenvalue weighted by molar-refractivity contribution is 5.14. The van der Waals surface area contributed by atoms with Crippen LogP contribution in [0.15, 0.2) is 11.3 Å². The van der Waals surface area contributed by atoms with Crippen molar-refractivity contribution >= 4 is 0 Å². The summed E-state index contributed by atoms with van der Waals surface area (Å²) < 4.78 is 0. The minimum atomic E-state index is 0.683. The molecule has 0 spiro atoms. The molecule has 11 heavy (non-hydrogen) atoms. The van der Waals surface area contributed by atoms with Gasteiger partial charge in [0.05, 0.1) is 6.67 Å². The van der Waals surface area contributed by atoms with E-state index < -0.39 is 0 Å². The zero-order chi connectivity index (χ0) is 8.27. The van der Waals surface area contributed by atoms with Gasteiger partial charge in [0.15, 0.2) is 0 Å². The van der Waals surface area contributed by atoms with Gasteiger partial charge in [0, 0.05) is 12.2 Å². The van der Waals surface area contributed by atoms with Gasteiger partial charge >= 0.3 is 0 Å². The lowest BCUT2D eigenvalue weighted by Gasteiger charge is -2.12. The van der Waals surface area contributed by atoms with Crippen LogP contribution >= 0.6 is 0 Å². The summed E-state index contributed by atoms with van der Waals surface area (Å²) in [7, 11) is 0. The molecule has 0 aromatic heterocycles. The Morgan fingerprint density at radius 1 is 1.36 bits per heavy atom. The van der Waals surface area contributed by atoms with Crippen molar-refractivity contribution in [1.29, 1.82) is 0 Å². The predicted octanol–water partition coefficient (Wildman–Crippen LogP) is 1.46. The van der Waals surface area contributed by atoms with E-state index in [2.05, 4.69) is 31.4 Å². The fourth-order valence-corrected chi connectivity index (χ4v) is 1.53. The highest BCUT2D eigenvalue weighted by atomic mass is 15.1. The van der Waals surface area contributed by atoms with Crippen molar-refractivity contribution in [2.45, 2.75) is 27.2 Å². The first kappa shape index (κ1) is 8.60. The second-order valence-electron chi connectivity index (χ2n) is 3.41.